The van der Waals surface area contributed by atoms with E-state index in [1.807, 2.05) is 12.1 Å². The van der Waals surface area contributed by atoms with E-state index < -0.39 is 0 Å². The molecule has 5 heteroatoms. The van der Waals surface area contributed by atoms with E-state index in [-0.39, 0.29) is 0 Å². The van der Waals surface area contributed by atoms with E-state index in [2.05, 4.69) is 211 Å². The molecule has 0 N–H and O–H groups in total. The standard InChI is InChI=1S/C60H37N5/c1-37-43-23-8-13-28-50(43)56-51(34-33-44(55(37)56)38-17-4-2-5-18-38)59-63-57(40-21-16-22-42(35-40)65-54-30-15-14-29-53(54)61-60(65)39-19-6-3-7-20-39)62-58(64-59)41-31-32-49-47-26-10-9-24-45(47)46-25-11-12-27-48(46)52(49)36-41/h2-36H,1H2. The molecule has 0 radical (unpaired) electrons. The Kier molecular flexibility index (Phi) is 8.30. The van der Waals surface area contributed by atoms with Gasteiger partial charge in [0.1, 0.15) is 5.82 Å². The van der Waals surface area contributed by atoms with Crippen LogP contribution in [-0.4, -0.2) is 24.5 Å². The molecule has 0 aliphatic heterocycles. The molecule has 0 spiro atoms. The van der Waals surface area contributed by atoms with Crippen molar-refractivity contribution < 1.29 is 0 Å². The third kappa shape index (κ3) is 5.87. The first-order valence-corrected chi connectivity index (χ1v) is 21.9. The number of hydrogen-bond donors (Lipinski definition) is 0. The summed E-state index contributed by atoms with van der Waals surface area (Å²) in [5.41, 5.74) is 14.3. The zero-order chi connectivity index (χ0) is 43.0. The molecule has 0 unspecified atom stereocenters. The van der Waals surface area contributed by atoms with Gasteiger partial charge in [-0.25, -0.2) is 19.9 Å². The van der Waals surface area contributed by atoms with Crippen molar-refractivity contribution in [1.29, 1.82) is 0 Å². The highest BCUT2D eigenvalue weighted by Crippen LogP contribution is 2.51. The van der Waals surface area contributed by atoms with Crippen molar-refractivity contribution in [2.45, 2.75) is 0 Å². The summed E-state index contributed by atoms with van der Waals surface area (Å²) in [6, 6.07) is 74.6. The predicted molar refractivity (Wildman–Crippen MR) is 268 cm³/mol. The summed E-state index contributed by atoms with van der Waals surface area (Å²) < 4.78 is 2.23. The van der Waals surface area contributed by atoms with Crippen LogP contribution >= 0.6 is 0 Å². The minimum Gasteiger partial charge on any atom is -0.292 e. The lowest BCUT2D eigenvalue weighted by Crippen LogP contribution is -2.03. The molecular formula is C60H37N5. The third-order valence-corrected chi connectivity index (χ3v) is 12.9. The number of fused-ring (bicyclic) bond motifs is 10. The molecule has 12 aromatic rings. The second kappa shape index (κ2) is 14.7. The van der Waals surface area contributed by atoms with Gasteiger partial charge in [-0.1, -0.05) is 183 Å². The van der Waals surface area contributed by atoms with Gasteiger partial charge in [0.05, 0.1) is 11.0 Å². The molecule has 0 bridgehead atoms. The lowest BCUT2D eigenvalue weighted by molar-refractivity contribution is 1.07. The summed E-state index contributed by atoms with van der Waals surface area (Å²) in [6.07, 6.45) is 0. The molecule has 1 aliphatic carbocycles. The van der Waals surface area contributed by atoms with Crippen LogP contribution in [0.5, 0.6) is 0 Å². The molecule has 13 rings (SSSR count). The van der Waals surface area contributed by atoms with Crippen molar-refractivity contribution in [1.82, 2.24) is 24.5 Å². The van der Waals surface area contributed by atoms with Crippen LogP contribution < -0.4 is 0 Å². The Morgan fingerprint density at radius 1 is 0.323 bits per heavy atom. The van der Waals surface area contributed by atoms with Crippen LogP contribution in [0, 0.1) is 0 Å². The van der Waals surface area contributed by atoms with Crippen LogP contribution in [0.4, 0.5) is 0 Å². The number of aromatic nitrogens is 5. The zero-order valence-electron chi connectivity index (χ0n) is 35.2. The van der Waals surface area contributed by atoms with Crippen molar-refractivity contribution in [3.8, 4) is 73.5 Å². The number of nitrogens with zero attached hydrogens (tertiary/aromatic N) is 5. The van der Waals surface area contributed by atoms with Crippen molar-refractivity contribution in [3.05, 3.63) is 230 Å². The molecule has 302 valence electrons. The lowest BCUT2D eigenvalue weighted by atomic mass is 9.90. The molecule has 1 aliphatic rings. The maximum absolute atomic E-state index is 5.43. The van der Waals surface area contributed by atoms with Crippen molar-refractivity contribution in [2.75, 3.05) is 0 Å². The zero-order valence-corrected chi connectivity index (χ0v) is 35.2. The SMILES string of the molecule is C=C1c2ccccc2-c2c(-c3nc(-c4cccc(-n5c(-c6ccccc6)nc6ccccc65)c4)nc(-c4ccc5c6ccccc6c6ccccc6c5c4)n3)ccc(-c3ccccc3)c21. The van der Waals surface area contributed by atoms with Crippen LogP contribution in [0.25, 0.3) is 122 Å². The van der Waals surface area contributed by atoms with Gasteiger partial charge in [-0.05, 0) is 102 Å². The maximum Gasteiger partial charge on any atom is 0.164 e. The normalized spacial score (nSPS) is 12.0. The third-order valence-electron chi connectivity index (χ3n) is 12.9. The van der Waals surface area contributed by atoms with Gasteiger partial charge in [-0.15, -0.1) is 0 Å². The number of imidazole rings is 1. The summed E-state index contributed by atoms with van der Waals surface area (Å²) in [7, 11) is 0. The Morgan fingerprint density at radius 3 is 1.58 bits per heavy atom. The summed E-state index contributed by atoms with van der Waals surface area (Å²) >= 11 is 0. The molecule has 2 aromatic heterocycles. The van der Waals surface area contributed by atoms with Gasteiger partial charge >= 0.3 is 0 Å². The van der Waals surface area contributed by atoms with Gasteiger partial charge in [0.25, 0.3) is 0 Å². The Bertz CT molecular complexity index is 3870. The Morgan fingerprint density at radius 2 is 0.862 bits per heavy atom. The first-order valence-electron chi connectivity index (χ1n) is 21.9. The van der Waals surface area contributed by atoms with Crippen molar-refractivity contribution >= 4 is 48.9 Å². The van der Waals surface area contributed by atoms with E-state index in [1.54, 1.807) is 0 Å². The minimum absolute atomic E-state index is 0.576. The summed E-state index contributed by atoms with van der Waals surface area (Å²) in [6.45, 7) is 4.69. The summed E-state index contributed by atoms with van der Waals surface area (Å²) in [5.74, 6) is 2.63. The van der Waals surface area contributed by atoms with Crippen LogP contribution in [0.15, 0.2) is 219 Å². The smallest absolute Gasteiger partial charge is 0.164 e. The molecule has 0 saturated heterocycles. The molecule has 0 atom stereocenters. The quantitative estimate of drug-likeness (QED) is 0.157. The number of benzene rings is 10. The van der Waals surface area contributed by atoms with Crippen molar-refractivity contribution in [2.24, 2.45) is 0 Å². The largest absolute Gasteiger partial charge is 0.292 e. The Labute approximate surface area is 375 Å². The van der Waals surface area contributed by atoms with Crippen LogP contribution in [0.1, 0.15) is 11.1 Å². The number of para-hydroxylation sites is 2. The van der Waals surface area contributed by atoms with Gasteiger partial charge in [-0.2, -0.15) is 0 Å². The molecule has 5 nitrogen and oxygen atoms in total. The average molecular weight is 828 g/mol. The molecule has 0 saturated carbocycles. The second-order valence-electron chi connectivity index (χ2n) is 16.6. The highest BCUT2D eigenvalue weighted by atomic mass is 15.1. The highest BCUT2D eigenvalue weighted by molar-refractivity contribution is 6.25. The lowest BCUT2D eigenvalue weighted by Gasteiger charge is -2.16. The van der Waals surface area contributed by atoms with Gasteiger partial charge < -0.3 is 0 Å². The van der Waals surface area contributed by atoms with E-state index in [9.17, 15) is 0 Å². The summed E-state index contributed by atoms with van der Waals surface area (Å²) in [4.78, 5) is 21.3. The van der Waals surface area contributed by atoms with Crippen molar-refractivity contribution in [3.63, 3.8) is 0 Å². The Balaban J connectivity index is 1.07. The fourth-order valence-corrected chi connectivity index (χ4v) is 9.99. The predicted octanol–water partition coefficient (Wildman–Crippen LogP) is 15.0. The summed E-state index contributed by atoms with van der Waals surface area (Å²) in [5, 5.41) is 7.21. The fourth-order valence-electron chi connectivity index (χ4n) is 9.99. The number of rotatable bonds is 6. The fraction of sp³-hybridized carbons (Fsp3) is 0. The molecule has 10 aromatic carbocycles. The van der Waals surface area contributed by atoms with E-state index in [0.29, 0.717) is 17.5 Å². The molecular weight excluding hydrogens is 791 g/mol. The Hall–Kier alpha value is -8.80. The van der Waals surface area contributed by atoms with E-state index >= 15 is 0 Å². The van der Waals surface area contributed by atoms with Gasteiger partial charge in [0.15, 0.2) is 17.5 Å². The molecule has 65 heavy (non-hydrogen) atoms. The topological polar surface area (TPSA) is 56.5 Å². The van der Waals surface area contributed by atoms with Gasteiger partial charge in [0.2, 0.25) is 0 Å². The number of hydrogen-bond acceptors (Lipinski definition) is 4. The van der Waals surface area contributed by atoms with Crippen LogP contribution in [0.3, 0.4) is 0 Å². The first kappa shape index (κ1) is 36.8. The van der Waals surface area contributed by atoms with E-state index in [4.69, 9.17) is 19.9 Å². The molecule has 0 amide bonds. The minimum atomic E-state index is 0.576. The highest BCUT2D eigenvalue weighted by Gasteiger charge is 2.30. The van der Waals surface area contributed by atoms with Crippen LogP contribution in [-0.2, 0) is 0 Å². The maximum atomic E-state index is 5.43. The van der Waals surface area contributed by atoms with E-state index in [0.717, 1.165) is 89.1 Å². The molecule has 0 fully saturated rings. The second-order valence-corrected chi connectivity index (χ2v) is 16.6. The average Bonchev–Trinajstić information content (AvgIpc) is 3.92. The van der Waals surface area contributed by atoms with E-state index in [1.165, 1.54) is 26.9 Å². The monoisotopic (exact) mass is 827 g/mol. The van der Waals surface area contributed by atoms with Crippen LogP contribution in [0.2, 0.25) is 0 Å². The molecule has 2 heterocycles. The van der Waals surface area contributed by atoms with Gasteiger partial charge in [-0.3, -0.25) is 4.57 Å². The van der Waals surface area contributed by atoms with Gasteiger partial charge in [0, 0.05) is 33.5 Å². The first-order chi connectivity index (χ1) is 32.2.